The first-order valence-electron chi connectivity index (χ1n) is 10.5. The Morgan fingerprint density at radius 3 is 2.50 bits per heavy atom. The average molecular weight is 428 g/mol. The van der Waals surface area contributed by atoms with E-state index >= 15 is 0 Å². The lowest BCUT2D eigenvalue weighted by Gasteiger charge is -2.12. The molecular formula is C27H25NO4. The number of hydrogen-bond donors (Lipinski definition) is 1. The zero-order valence-electron chi connectivity index (χ0n) is 18.3. The highest BCUT2D eigenvalue weighted by atomic mass is 16.5. The van der Waals surface area contributed by atoms with Crippen LogP contribution in [0.3, 0.4) is 0 Å². The van der Waals surface area contributed by atoms with Gasteiger partial charge in [0.15, 0.2) is 0 Å². The Bertz CT molecular complexity index is 1250. The minimum absolute atomic E-state index is 0.196. The summed E-state index contributed by atoms with van der Waals surface area (Å²) in [6.45, 7) is 4.34. The molecule has 0 aliphatic rings. The summed E-state index contributed by atoms with van der Waals surface area (Å²) in [6.07, 6.45) is 3.33. The number of rotatable bonds is 7. The fourth-order valence-electron chi connectivity index (χ4n) is 3.61. The fraction of sp³-hybridized carbons (Fsp3) is 0.148. The summed E-state index contributed by atoms with van der Waals surface area (Å²) in [7, 11) is 1.65. The summed E-state index contributed by atoms with van der Waals surface area (Å²) in [5.41, 5.74) is 5.10. The standard InChI is InChI=1S/C27H25NO4/c1-4-31-25-16-26-23(24(17-32-26)19-10-12-21(30-3)13-11-19)15-22(25)18(2)14-27(29)28-20-8-6-5-7-9-20/h5-17H,4H2,1-3H3,(H,28,29)/b18-14+. The van der Waals surface area contributed by atoms with E-state index in [1.807, 2.05) is 80.6 Å². The molecule has 0 fully saturated rings. The summed E-state index contributed by atoms with van der Waals surface area (Å²) >= 11 is 0. The predicted octanol–water partition coefficient (Wildman–Crippen LogP) is 6.55. The first-order chi connectivity index (χ1) is 15.6. The SMILES string of the molecule is CCOc1cc2occ(-c3ccc(OC)cc3)c2cc1/C(C)=C/C(=O)Nc1ccccc1. The van der Waals surface area contributed by atoms with E-state index in [1.165, 1.54) is 0 Å². The lowest BCUT2D eigenvalue weighted by molar-refractivity contribution is -0.111. The van der Waals surface area contributed by atoms with Gasteiger partial charge in [0.2, 0.25) is 5.91 Å². The van der Waals surface area contributed by atoms with Gasteiger partial charge in [0.05, 0.1) is 20.0 Å². The van der Waals surface area contributed by atoms with Crippen LogP contribution in [0, 0.1) is 0 Å². The van der Waals surface area contributed by atoms with E-state index in [4.69, 9.17) is 13.9 Å². The van der Waals surface area contributed by atoms with Gasteiger partial charge in [-0.1, -0.05) is 30.3 Å². The van der Waals surface area contributed by atoms with E-state index in [2.05, 4.69) is 5.32 Å². The van der Waals surface area contributed by atoms with Gasteiger partial charge in [0.1, 0.15) is 17.1 Å². The number of amides is 1. The molecule has 4 rings (SSSR count). The molecule has 4 aromatic rings. The van der Waals surface area contributed by atoms with Gasteiger partial charge >= 0.3 is 0 Å². The number of furan rings is 1. The third kappa shape index (κ3) is 4.52. The summed E-state index contributed by atoms with van der Waals surface area (Å²) in [5.74, 6) is 1.28. The third-order valence-electron chi connectivity index (χ3n) is 5.19. The second kappa shape index (κ2) is 9.43. The van der Waals surface area contributed by atoms with Crippen molar-refractivity contribution in [3.05, 3.63) is 84.6 Å². The van der Waals surface area contributed by atoms with Crippen LogP contribution in [0.15, 0.2) is 83.5 Å². The molecule has 0 radical (unpaired) electrons. The molecule has 1 heterocycles. The predicted molar refractivity (Wildman–Crippen MR) is 128 cm³/mol. The minimum atomic E-state index is -0.196. The Labute approximate surface area is 187 Å². The molecule has 0 saturated heterocycles. The normalized spacial score (nSPS) is 11.4. The molecule has 0 saturated carbocycles. The van der Waals surface area contributed by atoms with Crippen LogP contribution >= 0.6 is 0 Å². The first-order valence-corrected chi connectivity index (χ1v) is 10.5. The van der Waals surface area contributed by atoms with Crippen molar-refractivity contribution in [1.29, 1.82) is 0 Å². The number of fused-ring (bicyclic) bond motifs is 1. The lowest BCUT2D eigenvalue weighted by atomic mass is 9.99. The molecule has 0 atom stereocenters. The quantitative estimate of drug-likeness (QED) is 0.340. The van der Waals surface area contributed by atoms with Crippen LogP contribution in [-0.2, 0) is 4.79 Å². The molecule has 1 aromatic heterocycles. The van der Waals surface area contributed by atoms with E-state index in [0.29, 0.717) is 12.4 Å². The molecule has 5 heteroatoms. The van der Waals surface area contributed by atoms with Crippen molar-refractivity contribution in [2.45, 2.75) is 13.8 Å². The van der Waals surface area contributed by atoms with Crippen molar-refractivity contribution in [2.75, 3.05) is 19.0 Å². The summed E-state index contributed by atoms with van der Waals surface area (Å²) in [6, 6.07) is 21.1. The monoisotopic (exact) mass is 427 g/mol. The molecule has 5 nitrogen and oxygen atoms in total. The van der Waals surface area contributed by atoms with Crippen LogP contribution < -0.4 is 14.8 Å². The molecule has 32 heavy (non-hydrogen) atoms. The Balaban J connectivity index is 1.72. The molecule has 0 spiro atoms. The van der Waals surface area contributed by atoms with Crippen LogP contribution in [-0.4, -0.2) is 19.6 Å². The Morgan fingerprint density at radius 2 is 1.81 bits per heavy atom. The number of benzene rings is 3. The molecule has 0 aliphatic carbocycles. The molecule has 1 amide bonds. The van der Waals surface area contributed by atoms with E-state index < -0.39 is 0 Å². The van der Waals surface area contributed by atoms with Gasteiger partial charge in [0, 0.05) is 34.3 Å². The van der Waals surface area contributed by atoms with Crippen molar-refractivity contribution < 1.29 is 18.7 Å². The van der Waals surface area contributed by atoms with Crippen LogP contribution in [0.25, 0.3) is 27.7 Å². The third-order valence-corrected chi connectivity index (χ3v) is 5.19. The van der Waals surface area contributed by atoms with Gasteiger partial charge in [-0.25, -0.2) is 0 Å². The van der Waals surface area contributed by atoms with E-state index in [9.17, 15) is 4.79 Å². The van der Waals surface area contributed by atoms with Crippen LogP contribution in [0.1, 0.15) is 19.4 Å². The highest BCUT2D eigenvalue weighted by Gasteiger charge is 2.15. The number of para-hydroxylation sites is 1. The first kappa shape index (κ1) is 21.2. The summed E-state index contributed by atoms with van der Waals surface area (Å²) < 4.78 is 17.0. The Morgan fingerprint density at radius 1 is 1.06 bits per heavy atom. The molecular weight excluding hydrogens is 402 g/mol. The van der Waals surface area contributed by atoms with Gasteiger partial charge in [0.25, 0.3) is 0 Å². The fourth-order valence-corrected chi connectivity index (χ4v) is 3.61. The zero-order chi connectivity index (χ0) is 22.5. The van der Waals surface area contributed by atoms with Crippen molar-refractivity contribution in [3.8, 4) is 22.6 Å². The highest BCUT2D eigenvalue weighted by molar-refractivity contribution is 6.05. The topological polar surface area (TPSA) is 60.7 Å². The molecule has 0 aliphatic heterocycles. The molecule has 1 N–H and O–H groups in total. The number of allylic oxidation sites excluding steroid dienone is 1. The molecule has 0 bridgehead atoms. The molecule has 3 aromatic carbocycles. The maximum absolute atomic E-state index is 12.6. The Hall–Kier alpha value is -3.99. The second-order valence-corrected chi connectivity index (χ2v) is 7.34. The van der Waals surface area contributed by atoms with Crippen LogP contribution in [0.5, 0.6) is 11.5 Å². The van der Waals surface area contributed by atoms with Gasteiger partial charge in [-0.05, 0) is 55.3 Å². The molecule has 162 valence electrons. The number of ether oxygens (including phenoxy) is 2. The number of nitrogens with one attached hydrogen (secondary N) is 1. The van der Waals surface area contributed by atoms with E-state index in [-0.39, 0.29) is 5.91 Å². The maximum Gasteiger partial charge on any atom is 0.248 e. The van der Waals surface area contributed by atoms with Crippen molar-refractivity contribution in [3.63, 3.8) is 0 Å². The number of hydrogen-bond acceptors (Lipinski definition) is 4. The van der Waals surface area contributed by atoms with E-state index in [0.717, 1.165) is 44.7 Å². The number of carbonyl (C=O) groups is 1. The van der Waals surface area contributed by atoms with Crippen molar-refractivity contribution in [1.82, 2.24) is 0 Å². The lowest BCUT2D eigenvalue weighted by Crippen LogP contribution is -2.08. The highest BCUT2D eigenvalue weighted by Crippen LogP contribution is 2.38. The van der Waals surface area contributed by atoms with Crippen molar-refractivity contribution >= 4 is 28.1 Å². The summed E-state index contributed by atoms with van der Waals surface area (Å²) in [5, 5.41) is 3.84. The number of carbonyl (C=O) groups excluding carboxylic acids is 1. The number of methoxy groups -OCH3 is 1. The smallest absolute Gasteiger partial charge is 0.248 e. The molecule has 0 unspecified atom stereocenters. The van der Waals surface area contributed by atoms with Gasteiger partial charge < -0.3 is 19.2 Å². The minimum Gasteiger partial charge on any atom is -0.497 e. The van der Waals surface area contributed by atoms with Gasteiger partial charge in [-0.15, -0.1) is 0 Å². The van der Waals surface area contributed by atoms with E-state index in [1.54, 1.807) is 19.4 Å². The van der Waals surface area contributed by atoms with Crippen LogP contribution in [0.4, 0.5) is 5.69 Å². The van der Waals surface area contributed by atoms with Gasteiger partial charge in [-0.2, -0.15) is 0 Å². The second-order valence-electron chi connectivity index (χ2n) is 7.34. The largest absolute Gasteiger partial charge is 0.497 e. The average Bonchev–Trinajstić information content (AvgIpc) is 3.22. The van der Waals surface area contributed by atoms with Crippen molar-refractivity contribution in [2.24, 2.45) is 0 Å². The summed E-state index contributed by atoms with van der Waals surface area (Å²) in [4.78, 5) is 12.6. The number of anilines is 1. The van der Waals surface area contributed by atoms with Gasteiger partial charge in [-0.3, -0.25) is 4.79 Å². The zero-order valence-corrected chi connectivity index (χ0v) is 18.3. The maximum atomic E-state index is 12.6. The van der Waals surface area contributed by atoms with Crippen LogP contribution in [0.2, 0.25) is 0 Å². The Kier molecular flexibility index (Phi) is 6.26.